The first-order valence-electron chi connectivity index (χ1n) is 5.43. The molecule has 88 valence electrons. The summed E-state index contributed by atoms with van der Waals surface area (Å²) in [6.45, 7) is 2.75. The maximum Gasteiger partial charge on any atom is 0.319 e. The lowest BCUT2D eigenvalue weighted by molar-refractivity contribution is 0.0168. The van der Waals surface area contributed by atoms with E-state index in [-0.39, 0.29) is 12.1 Å². The molecule has 0 atom stereocenters. The predicted molar refractivity (Wildman–Crippen MR) is 58.7 cm³/mol. The van der Waals surface area contributed by atoms with E-state index in [1.165, 1.54) is 0 Å². The Morgan fingerprint density at radius 3 is 2.53 bits per heavy atom. The van der Waals surface area contributed by atoms with Crippen LogP contribution in [0.25, 0.3) is 0 Å². The molecule has 0 aromatic rings. The molecule has 0 spiro atoms. The van der Waals surface area contributed by atoms with E-state index in [4.69, 9.17) is 10.5 Å². The summed E-state index contributed by atoms with van der Waals surface area (Å²) in [4.78, 5) is 15.1. The Labute approximate surface area is 91.2 Å². The molecule has 0 radical (unpaired) electrons. The highest BCUT2D eigenvalue weighted by molar-refractivity contribution is 5.73. The molecule has 2 N–H and O–H groups in total. The molecule has 0 aliphatic carbocycles. The van der Waals surface area contributed by atoms with Crippen molar-refractivity contribution in [3.05, 3.63) is 0 Å². The van der Waals surface area contributed by atoms with E-state index < -0.39 is 0 Å². The molecule has 1 aliphatic rings. The van der Waals surface area contributed by atoms with Crippen LogP contribution in [0.4, 0.5) is 4.79 Å². The lowest BCUT2D eigenvalue weighted by atomic mass is 10.1. The SMILES string of the molecule is CN(C)C(=O)N1CCC(OCCN)CC1. The van der Waals surface area contributed by atoms with Gasteiger partial charge in [-0.1, -0.05) is 0 Å². The fourth-order valence-corrected chi connectivity index (χ4v) is 1.73. The predicted octanol–water partition coefficient (Wildman–Crippen LogP) is 0.108. The van der Waals surface area contributed by atoms with Gasteiger partial charge >= 0.3 is 6.03 Å². The van der Waals surface area contributed by atoms with Crippen molar-refractivity contribution < 1.29 is 9.53 Å². The van der Waals surface area contributed by atoms with Crippen molar-refractivity contribution in [2.24, 2.45) is 5.73 Å². The number of ether oxygens (including phenoxy) is 1. The number of piperidine rings is 1. The van der Waals surface area contributed by atoms with Crippen molar-refractivity contribution in [1.82, 2.24) is 9.80 Å². The van der Waals surface area contributed by atoms with Crippen molar-refractivity contribution in [2.75, 3.05) is 40.3 Å². The van der Waals surface area contributed by atoms with Crippen LogP contribution in [0.3, 0.4) is 0 Å². The third kappa shape index (κ3) is 3.68. The van der Waals surface area contributed by atoms with Gasteiger partial charge in [-0.15, -0.1) is 0 Å². The van der Waals surface area contributed by atoms with Crippen LogP contribution in [0.5, 0.6) is 0 Å². The number of likely N-dealkylation sites (tertiary alicyclic amines) is 1. The molecule has 1 heterocycles. The Bertz CT molecular complexity index is 201. The summed E-state index contributed by atoms with van der Waals surface area (Å²) in [7, 11) is 3.55. The van der Waals surface area contributed by atoms with Crippen LogP contribution in [0.15, 0.2) is 0 Å². The molecular formula is C10H21N3O2. The Balaban J connectivity index is 2.26. The molecule has 2 amide bonds. The maximum absolute atomic E-state index is 11.6. The Kier molecular flexibility index (Phi) is 4.84. The van der Waals surface area contributed by atoms with Gasteiger partial charge in [-0.05, 0) is 12.8 Å². The van der Waals surface area contributed by atoms with Crippen molar-refractivity contribution in [2.45, 2.75) is 18.9 Å². The number of carbonyl (C=O) groups is 1. The van der Waals surface area contributed by atoms with E-state index in [2.05, 4.69) is 0 Å². The van der Waals surface area contributed by atoms with E-state index in [9.17, 15) is 4.79 Å². The first-order valence-corrected chi connectivity index (χ1v) is 5.43. The van der Waals surface area contributed by atoms with Crippen LogP contribution in [0, 0.1) is 0 Å². The third-order valence-corrected chi connectivity index (χ3v) is 2.57. The smallest absolute Gasteiger partial charge is 0.319 e. The largest absolute Gasteiger partial charge is 0.377 e. The number of nitrogens with zero attached hydrogens (tertiary/aromatic N) is 2. The molecule has 0 aromatic heterocycles. The molecule has 5 nitrogen and oxygen atoms in total. The summed E-state index contributed by atoms with van der Waals surface area (Å²) in [5.41, 5.74) is 5.36. The number of amides is 2. The summed E-state index contributed by atoms with van der Waals surface area (Å²) in [5, 5.41) is 0. The van der Waals surface area contributed by atoms with Gasteiger partial charge in [0, 0.05) is 33.7 Å². The van der Waals surface area contributed by atoms with Gasteiger partial charge in [0.2, 0.25) is 0 Å². The fraction of sp³-hybridized carbons (Fsp3) is 0.900. The Morgan fingerprint density at radius 2 is 2.07 bits per heavy atom. The minimum Gasteiger partial charge on any atom is -0.377 e. The molecule has 0 unspecified atom stereocenters. The number of hydrogen-bond acceptors (Lipinski definition) is 3. The summed E-state index contributed by atoms with van der Waals surface area (Å²) < 4.78 is 5.54. The summed E-state index contributed by atoms with van der Waals surface area (Å²) >= 11 is 0. The van der Waals surface area contributed by atoms with Gasteiger partial charge < -0.3 is 20.3 Å². The molecule has 1 rings (SSSR count). The minimum atomic E-state index is 0.0901. The van der Waals surface area contributed by atoms with Crippen molar-refractivity contribution in [1.29, 1.82) is 0 Å². The van der Waals surface area contributed by atoms with Crippen molar-refractivity contribution in [3.8, 4) is 0 Å². The number of nitrogens with two attached hydrogens (primary N) is 1. The van der Waals surface area contributed by atoms with E-state index in [1.54, 1.807) is 19.0 Å². The van der Waals surface area contributed by atoms with Crippen LogP contribution in [-0.2, 0) is 4.74 Å². The zero-order valence-electron chi connectivity index (χ0n) is 9.61. The molecular weight excluding hydrogens is 194 g/mol. The summed E-state index contributed by atoms with van der Waals surface area (Å²) in [5.74, 6) is 0. The monoisotopic (exact) mass is 215 g/mol. The first kappa shape index (κ1) is 12.3. The molecule has 1 saturated heterocycles. The third-order valence-electron chi connectivity index (χ3n) is 2.57. The molecule has 0 saturated carbocycles. The van der Waals surface area contributed by atoms with E-state index in [0.717, 1.165) is 25.9 Å². The molecule has 1 aliphatic heterocycles. The second kappa shape index (κ2) is 5.92. The second-order valence-electron chi connectivity index (χ2n) is 4.02. The topological polar surface area (TPSA) is 58.8 Å². The van der Waals surface area contributed by atoms with Crippen LogP contribution in [-0.4, -0.2) is 62.3 Å². The lowest BCUT2D eigenvalue weighted by Crippen LogP contribution is -2.45. The van der Waals surface area contributed by atoms with E-state index in [0.29, 0.717) is 13.2 Å². The quantitative estimate of drug-likeness (QED) is 0.727. The second-order valence-corrected chi connectivity index (χ2v) is 4.02. The first-order chi connectivity index (χ1) is 7.15. The molecule has 15 heavy (non-hydrogen) atoms. The molecule has 5 heteroatoms. The molecule has 1 fully saturated rings. The standard InChI is InChI=1S/C10H21N3O2/c1-12(2)10(14)13-6-3-9(4-7-13)15-8-5-11/h9H,3-8,11H2,1-2H3. The highest BCUT2D eigenvalue weighted by Gasteiger charge is 2.23. The normalized spacial score (nSPS) is 17.9. The van der Waals surface area contributed by atoms with Crippen LogP contribution in [0.2, 0.25) is 0 Å². The van der Waals surface area contributed by atoms with Crippen LogP contribution in [0.1, 0.15) is 12.8 Å². The average molecular weight is 215 g/mol. The Morgan fingerprint density at radius 1 is 1.47 bits per heavy atom. The zero-order chi connectivity index (χ0) is 11.3. The number of rotatable bonds is 3. The van der Waals surface area contributed by atoms with Gasteiger partial charge in [0.15, 0.2) is 0 Å². The highest BCUT2D eigenvalue weighted by atomic mass is 16.5. The number of carbonyl (C=O) groups excluding carboxylic acids is 1. The molecule has 0 aromatic carbocycles. The number of urea groups is 1. The van der Waals surface area contributed by atoms with Gasteiger partial charge in [-0.2, -0.15) is 0 Å². The van der Waals surface area contributed by atoms with Gasteiger partial charge in [0.25, 0.3) is 0 Å². The van der Waals surface area contributed by atoms with Gasteiger partial charge in [-0.3, -0.25) is 0 Å². The zero-order valence-corrected chi connectivity index (χ0v) is 9.61. The summed E-state index contributed by atoms with van der Waals surface area (Å²) in [6, 6.07) is 0.0901. The Hall–Kier alpha value is -0.810. The minimum absolute atomic E-state index is 0.0901. The van der Waals surface area contributed by atoms with Crippen molar-refractivity contribution >= 4 is 6.03 Å². The number of hydrogen-bond donors (Lipinski definition) is 1. The van der Waals surface area contributed by atoms with Gasteiger partial charge in [0.05, 0.1) is 12.7 Å². The van der Waals surface area contributed by atoms with E-state index in [1.807, 2.05) is 4.90 Å². The fourth-order valence-electron chi connectivity index (χ4n) is 1.73. The van der Waals surface area contributed by atoms with Crippen LogP contribution < -0.4 is 5.73 Å². The molecule has 0 bridgehead atoms. The van der Waals surface area contributed by atoms with E-state index >= 15 is 0 Å². The van der Waals surface area contributed by atoms with Gasteiger partial charge in [0.1, 0.15) is 0 Å². The average Bonchev–Trinajstić information content (AvgIpc) is 2.26. The summed E-state index contributed by atoms with van der Waals surface area (Å²) in [6.07, 6.45) is 2.11. The van der Waals surface area contributed by atoms with Gasteiger partial charge in [-0.25, -0.2) is 4.79 Å². The van der Waals surface area contributed by atoms with Crippen LogP contribution >= 0.6 is 0 Å². The lowest BCUT2D eigenvalue weighted by Gasteiger charge is -2.33. The highest BCUT2D eigenvalue weighted by Crippen LogP contribution is 2.14. The maximum atomic E-state index is 11.6. The van der Waals surface area contributed by atoms with Crippen molar-refractivity contribution in [3.63, 3.8) is 0 Å².